The van der Waals surface area contributed by atoms with E-state index in [0.717, 1.165) is 22.7 Å². The molecule has 0 aliphatic heterocycles. The predicted molar refractivity (Wildman–Crippen MR) is 298 cm³/mol. The summed E-state index contributed by atoms with van der Waals surface area (Å²) in [4.78, 5) is 2.49. The number of hydrogen-bond acceptors (Lipinski definition) is 1. The molecule has 2 aliphatic rings. The van der Waals surface area contributed by atoms with E-state index in [9.17, 15) is 0 Å². The number of hydrogen-bond donors (Lipinski definition) is 0. The van der Waals surface area contributed by atoms with Crippen molar-refractivity contribution in [2.24, 2.45) is 0 Å². The molecule has 1 aromatic heterocycles. The molecular formula is C69H44N2. The van der Waals surface area contributed by atoms with Crippen molar-refractivity contribution in [1.29, 1.82) is 0 Å². The van der Waals surface area contributed by atoms with Crippen molar-refractivity contribution in [3.63, 3.8) is 0 Å². The summed E-state index contributed by atoms with van der Waals surface area (Å²) in [6.07, 6.45) is 0. The van der Waals surface area contributed by atoms with E-state index in [1.54, 1.807) is 0 Å². The Balaban J connectivity index is 0.921. The maximum Gasteiger partial charge on any atom is 0.0726 e. The average Bonchev–Trinajstić information content (AvgIpc) is 4.06. The second-order valence-corrected chi connectivity index (χ2v) is 19.1. The molecule has 330 valence electrons. The van der Waals surface area contributed by atoms with Crippen LogP contribution < -0.4 is 4.90 Å². The molecule has 0 saturated heterocycles. The molecule has 0 bridgehead atoms. The van der Waals surface area contributed by atoms with Crippen molar-refractivity contribution in [2.45, 2.75) is 5.41 Å². The highest BCUT2D eigenvalue weighted by atomic mass is 15.1. The summed E-state index contributed by atoms with van der Waals surface area (Å²) >= 11 is 0. The highest BCUT2D eigenvalue weighted by molar-refractivity contribution is 6.19. The van der Waals surface area contributed by atoms with Crippen LogP contribution in [0.4, 0.5) is 17.1 Å². The summed E-state index contributed by atoms with van der Waals surface area (Å²) in [7, 11) is 0. The Morgan fingerprint density at radius 3 is 1.54 bits per heavy atom. The molecule has 0 amide bonds. The van der Waals surface area contributed by atoms with E-state index in [-0.39, 0.29) is 0 Å². The van der Waals surface area contributed by atoms with Crippen LogP contribution in [0, 0.1) is 0 Å². The van der Waals surface area contributed by atoms with Crippen LogP contribution in [-0.2, 0) is 5.41 Å². The fourth-order valence-corrected chi connectivity index (χ4v) is 12.6. The molecule has 2 aliphatic carbocycles. The van der Waals surface area contributed by atoms with Gasteiger partial charge in [-0.05, 0) is 126 Å². The van der Waals surface area contributed by atoms with Crippen molar-refractivity contribution in [3.8, 4) is 50.2 Å². The van der Waals surface area contributed by atoms with E-state index in [1.807, 2.05) is 0 Å². The molecule has 0 atom stereocenters. The van der Waals surface area contributed by atoms with E-state index in [1.165, 1.54) is 110 Å². The topological polar surface area (TPSA) is 8.17 Å². The first-order valence-corrected chi connectivity index (χ1v) is 24.7. The van der Waals surface area contributed by atoms with Crippen LogP contribution in [0.3, 0.4) is 0 Å². The molecule has 2 heteroatoms. The van der Waals surface area contributed by atoms with E-state index >= 15 is 0 Å². The van der Waals surface area contributed by atoms with Crippen LogP contribution in [-0.4, -0.2) is 4.57 Å². The zero-order valence-corrected chi connectivity index (χ0v) is 38.8. The van der Waals surface area contributed by atoms with Gasteiger partial charge in [0, 0.05) is 38.8 Å². The van der Waals surface area contributed by atoms with Crippen molar-refractivity contribution >= 4 is 60.4 Å². The van der Waals surface area contributed by atoms with E-state index < -0.39 is 5.41 Å². The SMILES string of the molecule is c1ccc(-n2c3cc(-c4ccc(N(c5ccc(-c6cccc7ccccc67)cc5)c5cccc6c5-c5ccccc5C65c6ccccc6-c6ccccc65)cc4)ccc3c3ccc4ccccc4c32)cc1. The van der Waals surface area contributed by atoms with Gasteiger partial charge in [0.05, 0.1) is 22.1 Å². The Morgan fingerprint density at radius 1 is 0.310 bits per heavy atom. The van der Waals surface area contributed by atoms with Crippen LogP contribution in [0.1, 0.15) is 22.3 Å². The zero-order chi connectivity index (χ0) is 46.6. The molecule has 0 unspecified atom stereocenters. The van der Waals surface area contributed by atoms with Crippen LogP contribution >= 0.6 is 0 Å². The van der Waals surface area contributed by atoms with Gasteiger partial charge < -0.3 is 9.47 Å². The van der Waals surface area contributed by atoms with Gasteiger partial charge in [0.15, 0.2) is 0 Å². The third-order valence-electron chi connectivity index (χ3n) is 15.6. The molecular weight excluding hydrogens is 857 g/mol. The number of nitrogens with zero attached hydrogens (tertiary/aromatic N) is 2. The Labute approximate surface area is 412 Å². The number of benzene rings is 12. The second-order valence-electron chi connectivity index (χ2n) is 19.1. The Hall–Kier alpha value is -9.24. The summed E-state index contributed by atoms with van der Waals surface area (Å²) in [5.74, 6) is 0. The third-order valence-corrected chi connectivity index (χ3v) is 15.6. The van der Waals surface area contributed by atoms with Gasteiger partial charge in [0.2, 0.25) is 0 Å². The summed E-state index contributed by atoms with van der Waals surface area (Å²) in [6.45, 7) is 0. The van der Waals surface area contributed by atoms with Crippen LogP contribution in [0.5, 0.6) is 0 Å². The molecule has 0 radical (unpaired) electrons. The first-order valence-electron chi connectivity index (χ1n) is 24.7. The van der Waals surface area contributed by atoms with Gasteiger partial charge >= 0.3 is 0 Å². The van der Waals surface area contributed by atoms with Gasteiger partial charge in [-0.3, -0.25) is 0 Å². The highest BCUT2D eigenvalue weighted by Gasteiger charge is 2.52. The van der Waals surface area contributed by atoms with E-state index in [2.05, 4.69) is 276 Å². The zero-order valence-electron chi connectivity index (χ0n) is 38.8. The van der Waals surface area contributed by atoms with E-state index in [4.69, 9.17) is 0 Å². The first kappa shape index (κ1) is 39.7. The van der Waals surface area contributed by atoms with Gasteiger partial charge in [-0.1, -0.05) is 218 Å². The largest absolute Gasteiger partial charge is 0.310 e. The van der Waals surface area contributed by atoms with Gasteiger partial charge in [-0.15, -0.1) is 0 Å². The lowest BCUT2D eigenvalue weighted by Crippen LogP contribution is -2.26. The molecule has 1 spiro atoms. The normalized spacial score (nSPS) is 12.9. The van der Waals surface area contributed by atoms with Crippen molar-refractivity contribution in [1.82, 2.24) is 4.57 Å². The van der Waals surface area contributed by atoms with Gasteiger partial charge in [0.1, 0.15) is 0 Å². The number of fused-ring (bicyclic) bond motifs is 16. The van der Waals surface area contributed by atoms with Crippen LogP contribution in [0.15, 0.2) is 267 Å². The fourth-order valence-electron chi connectivity index (χ4n) is 12.6. The van der Waals surface area contributed by atoms with Crippen molar-refractivity contribution < 1.29 is 0 Å². The smallest absolute Gasteiger partial charge is 0.0726 e. The minimum atomic E-state index is -0.448. The maximum absolute atomic E-state index is 2.49. The molecule has 15 rings (SSSR count). The second kappa shape index (κ2) is 15.4. The monoisotopic (exact) mass is 900 g/mol. The minimum absolute atomic E-state index is 0.448. The summed E-state index contributed by atoms with van der Waals surface area (Å²) in [5, 5.41) is 7.50. The molecule has 1 heterocycles. The van der Waals surface area contributed by atoms with Crippen molar-refractivity contribution in [3.05, 3.63) is 289 Å². The average molecular weight is 901 g/mol. The number of aromatic nitrogens is 1. The highest BCUT2D eigenvalue weighted by Crippen LogP contribution is 2.64. The standard InChI is InChI=1S/C69H44N2/c1-2-19-50(20-3-1)71-66-44-49(37-42-58(66)59-43-36-47-17-5-7-22-55(47)68(59)71)45-32-38-51(39-33-45)70(52-40-34-48(35-41-52)54-26-14-18-46-16-4-6-21-53(46)54)65-31-15-30-64-67(65)60-25-10-13-29-63(60)69(64)61-27-11-8-23-56(61)57-24-9-12-28-62(57)69/h1-44H. The molecule has 2 nitrogen and oxygen atoms in total. The van der Waals surface area contributed by atoms with Gasteiger partial charge in [-0.25, -0.2) is 0 Å². The van der Waals surface area contributed by atoms with Crippen LogP contribution in [0.25, 0.3) is 93.5 Å². The van der Waals surface area contributed by atoms with Gasteiger partial charge in [-0.2, -0.15) is 0 Å². The van der Waals surface area contributed by atoms with Crippen molar-refractivity contribution in [2.75, 3.05) is 4.90 Å². The Kier molecular flexibility index (Phi) is 8.61. The Morgan fingerprint density at radius 2 is 0.817 bits per heavy atom. The molecule has 0 fully saturated rings. The summed E-state index contributed by atoms with van der Waals surface area (Å²) in [5.41, 5.74) is 21.7. The fraction of sp³-hybridized carbons (Fsp3) is 0.0145. The van der Waals surface area contributed by atoms with E-state index in [0.29, 0.717) is 0 Å². The minimum Gasteiger partial charge on any atom is -0.310 e. The lowest BCUT2D eigenvalue weighted by Gasteiger charge is -2.32. The molecule has 0 N–H and O–H groups in total. The number of para-hydroxylation sites is 1. The molecule has 13 aromatic rings. The number of rotatable bonds is 6. The molecule has 12 aromatic carbocycles. The predicted octanol–water partition coefficient (Wildman–Crippen LogP) is 18.2. The third kappa shape index (κ3) is 5.71. The van der Waals surface area contributed by atoms with Gasteiger partial charge in [0.25, 0.3) is 0 Å². The summed E-state index contributed by atoms with van der Waals surface area (Å²) < 4.78 is 2.45. The molecule has 71 heavy (non-hydrogen) atoms. The Bertz CT molecular complexity index is 4220. The lowest BCUT2D eigenvalue weighted by atomic mass is 9.70. The summed E-state index contributed by atoms with van der Waals surface area (Å²) in [6, 6.07) is 99.1. The molecule has 0 saturated carbocycles. The lowest BCUT2D eigenvalue weighted by molar-refractivity contribution is 0.794. The quantitative estimate of drug-likeness (QED) is 0.161. The van der Waals surface area contributed by atoms with Crippen LogP contribution in [0.2, 0.25) is 0 Å². The first-order chi connectivity index (χ1) is 35.2. The maximum atomic E-state index is 2.49. The number of anilines is 3.